The number of hydrogen-bond donors (Lipinski definition) is 1. The van der Waals surface area contributed by atoms with E-state index in [9.17, 15) is 4.79 Å². The van der Waals surface area contributed by atoms with E-state index in [-0.39, 0.29) is 12.3 Å². The predicted octanol–water partition coefficient (Wildman–Crippen LogP) is 2.28. The van der Waals surface area contributed by atoms with Gasteiger partial charge in [0.15, 0.2) is 9.80 Å². The highest BCUT2D eigenvalue weighted by molar-refractivity contribution is 9.10. The maximum absolute atomic E-state index is 11.9. The Morgan fingerprint density at radius 3 is 2.94 bits per heavy atom. The van der Waals surface area contributed by atoms with Gasteiger partial charge in [-0.05, 0) is 28.1 Å². The zero-order valence-corrected chi connectivity index (χ0v) is 12.1. The SMILES string of the molecule is CN(Cc1ccc(Br)o1)C(=O)Cc1csc(N)n1. The number of nitrogen functional groups attached to an aromatic ring is 1. The van der Waals surface area contributed by atoms with Gasteiger partial charge in [0.05, 0.1) is 18.7 Å². The van der Waals surface area contributed by atoms with Gasteiger partial charge in [0.2, 0.25) is 5.91 Å². The third kappa shape index (κ3) is 3.33. The van der Waals surface area contributed by atoms with Crippen LogP contribution in [0, 0.1) is 0 Å². The molecule has 18 heavy (non-hydrogen) atoms. The Labute approximate surface area is 117 Å². The van der Waals surface area contributed by atoms with Crippen LogP contribution in [0.15, 0.2) is 26.6 Å². The van der Waals surface area contributed by atoms with E-state index in [1.807, 2.05) is 6.07 Å². The maximum atomic E-state index is 11.9. The molecule has 7 heteroatoms. The molecule has 1 amide bonds. The minimum atomic E-state index is -0.0205. The van der Waals surface area contributed by atoms with Gasteiger partial charge in [0.1, 0.15) is 5.76 Å². The monoisotopic (exact) mass is 329 g/mol. The first-order valence-electron chi connectivity index (χ1n) is 5.22. The molecule has 0 aliphatic carbocycles. The standard InChI is InChI=1S/C11H12BrN3O2S/c1-15(5-8-2-3-9(12)17-8)10(16)4-7-6-18-11(13)14-7/h2-3,6H,4-5H2,1H3,(H2,13,14). The largest absolute Gasteiger partial charge is 0.452 e. The van der Waals surface area contributed by atoms with Crippen LogP contribution in [-0.4, -0.2) is 22.8 Å². The summed E-state index contributed by atoms with van der Waals surface area (Å²) in [7, 11) is 1.73. The molecule has 0 bridgehead atoms. The van der Waals surface area contributed by atoms with Gasteiger partial charge in [-0.2, -0.15) is 0 Å². The molecule has 0 aromatic carbocycles. The van der Waals surface area contributed by atoms with Crippen LogP contribution < -0.4 is 5.73 Å². The molecule has 5 nitrogen and oxygen atoms in total. The van der Waals surface area contributed by atoms with Gasteiger partial charge in [0, 0.05) is 12.4 Å². The Balaban J connectivity index is 1.92. The van der Waals surface area contributed by atoms with Crippen molar-refractivity contribution in [3.05, 3.63) is 33.6 Å². The smallest absolute Gasteiger partial charge is 0.228 e. The van der Waals surface area contributed by atoms with Gasteiger partial charge in [-0.1, -0.05) is 0 Å². The van der Waals surface area contributed by atoms with Gasteiger partial charge in [-0.15, -0.1) is 11.3 Å². The summed E-state index contributed by atoms with van der Waals surface area (Å²) in [5.74, 6) is 0.711. The highest BCUT2D eigenvalue weighted by atomic mass is 79.9. The number of carbonyl (C=O) groups excluding carboxylic acids is 1. The van der Waals surface area contributed by atoms with Crippen LogP contribution in [-0.2, 0) is 17.8 Å². The van der Waals surface area contributed by atoms with E-state index in [0.29, 0.717) is 22.0 Å². The fourth-order valence-electron chi connectivity index (χ4n) is 1.45. The summed E-state index contributed by atoms with van der Waals surface area (Å²) in [4.78, 5) is 17.6. The first-order valence-corrected chi connectivity index (χ1v) is 6.90. The fourth-order valence-corrected chi connectivity index (χ4v) is 2.36. The molecular weight excluding hydrogens is 318 g/mol. The number of thiazole rings is 1. The normalized spacial score (nSPS) is 10.6. The quantitative estimate of drug-likeness (QED) is 0.933. The zero-order chi connectivity index (χ0) is 13.1. The molecule has 2 rings (SSSR count). The summed E-state index contributed by atoms with van der Waals surface area (Å²) in [6.07, 6.45) is 0.256. The van der Waals surface area contributed by atoms with E-state index in [4.69, 9.17) is 10.2 Å². The average molecular weight is 330 g/mol. The van der Waals surface area contributed by atoms with Crippen molar-refractivity contribution in [2.45, 2.75) is 13.0 Å². The van der Waals surface area contributed by atoms with Crippen molar-refractivity contribution in [2.75, 3.05) is 12.8 Å². The van der Waals surface area contributed by atoms with Crippen molar-refractivity contribution in [3.8, 4) is 0 Å². The van der Waals surface area contributed by atoms with Crippen LogP contribution in [0.2, 0.25) is 0 Å². The Morgan fingerprint density at radius 1 is 1.61 bits per heavy atom. The summed E-state index contributed by atoms with van der Waals surface area (Å²) in [5.41, 5.74) is 6.22. The first-order chi connectivity index (χ1) is 8.54. The van der Waals surface area contributed by atoms with E-state index < -0.39 is 0 Å². The van der Waals surface area contributed by atoms with Gasteiger partial charge in [-0.25, -0.2) is 4.98 Å². The van der Waals surface area contributed by atoms with Crippen molar-refractivity contribution in [1.82, 2.24) is 9.88 Å². The van der Waals surface area contributed by atoms with Crippen molar-refractivity contribution in [1.29, 1.82) is 0 Å². The van der Waals surface area contributed by atoms with E-state index >= 15 is 0 Å². The van der Waals surface area contributed by atoms with Crippen LogP contribution in [0.25, 0.3) is 0 Å². The van der Waals surface area contributed by atoms with Gasteiger partial charge >= 0.3 is 0 Å². The summed E-state index contributed by atoms with van der Waals surface area (Å²) < 4.78 is 6.01. The molecule has 2 N–H and O–H groups in total. The van der Waals surface area contributed by atoms with Crippen molar-refractivity contribution in [3.63, 3.8) is 0 Å². The maximum Gasteiger partial charge on any atom is 0.228 e. The number of nitrogens with two attached hydrogens (primary N) is 1. The molecule has 0 unspecified atom stereocenters. The second kappa shape index (κ2) is 5.53. The molecule has 0 fully saturated rings. The number of furan rings is 1. The Morgan fingerprint density at radius 2 is 2.39 bits per heavy atom. The molecular formula is C11H12BrN3O2S. The van der Waals surface area contributed by atoms with Gasteiger partial charge in [-0.3, -0.25) is 4.79 Å². The summed E-state index contributed by atoms with van der Waals surface area (Å²) in [6.45, 7) is 0.435. The van der Waals surface area contributed by atoms with Crippen LogP contribution in [0.4, 0.5) is 5.13 Å². The lowest BCUT2D eigenvalue weighted by Crippen LogP contribution is -2.27. The summed E-state index contributed by atoms with van der Waals surface area (Å²) in [5, 5.41) is 2.28. The average Bonchev–Trinajstić information content (AvgIpc) is 2.88. The Bertz CT molecular complexity index is 552. The fraction of sp³-hybridized carbons (Fsp3) is 0.273. The predicted molar refractivity (Wildman–Crippen MR) is 73.1 cm³/mol. The molecule has 0 saturated heterocycles. The minimum absolute atomic E-state index is 0.0205. The third-order valence-electron chi connectivity index (χ3n) is 2.35. The van der Waals surface area contributed by atoms with Gasteiger partial charge < -0.3 is 15.1 Å². The number of anilines is 1. The molecule has 2 heterocycles. The number of amides is 1. The van der Waals surface area contributed by atoms with Gasteiger partial charge in [0.25, 0.3) is 0 Å². The number of likely N-dealkylation sites (N-methyl/N-ethyl adjacent to an activating group) is 1. The number of aromatic nitrogens is 1. The molecule has 0 atom stereocenters. The molecule has 0 radical (unpaired) electrons. The minimum Gasteiger partial charge on any atom is -0.452 e. The lowest BCUT2D eigenvalue weighted by molar-refractivity contribution is -0.129. The third-order valence-corrected chi connectivity index (χ3v) is 3.50. The van der Waals surface area contributed by atoms with Crippen LogP contribution in [0.5, 0.6) is 0 Å². The molecule has 96 valence electrons. The second-order valence-electron chi connectivity index (χ2n) is 3.81. The Hall–Kier alpha value is -1.34. The van der Waals surface area contributed by atoms with E-state index in [2.05, 4.69) is 20.9 Å². The molecule has 0 spiro atoms. The number of nitrogens with zero attached hydrogens (tertiary/aromatic N) is 2. The number of carbonyl (C=O) groups is 1. The number of hydrogen-bond acceptors (Lipinski definition) is 5. The Kier molecular flexibility index (Phi) is 4.03. The van der Waals surface area contributed by atoms with E-state index in [1.165, 1.54) is 11.3 Å². The van der Waals surface area contributed by atoms with Crippen molar-refractivity contribution in [2.24, 2.45) is 0 Å². The van der Waals surface area contributed by atoms with E-state index in [0.717, 1.165) is 5.76 Å². The van der Waals surface area contributed by atoms with E-state index in [1.54, 1.807) is 23.4 Å². The second-order valence-corrected chi connectivity index (χ2v) is 5.48. The molecule has 2 aromatic rings. The summed E-state index contributed by atoms with van der Waals surface area (Å²) >= 11 is 4.56. The zero-order valence-electron chi connectivity index (χ0n) is 9.72. The number of rotatable bonds is 4. The topological polar surface area (TPSA) is 72.4 Å². The first kappa shape index (κ1) is 13.1. The van der Waals surface area contributed by atoms with Crippen molar-refractivity contribution >= 4 is 38.3 Å². The highest BCUT2D eigenvalue weighted by Gasteiger charge is 2.13. The molecule has 0 aliphatic heterocycles. The van der Waals surface area contributed by atoms with Crippen LogP contribution in [0.3, 0.4) is 0 Å². The lowest BCUT2D eigenvalue weighted by atomic mass is 10.3. The molecule has 0 saturated carbocycles. The van der Waals surface area contributed by atoms with Crippen LogP contribution in [0.1, 0.15) is 11.5 Å². The van der Waals surface area contributed by atoms with Crippen molar-refractivity contribution < 1.29 is 9.21 Å². The summed E-state index contributed by atoms with van der Waals surface area (Å²) in [6, 6.07) is 3.63. The van der Waals surface area contributed by atoms with Crippen LogP contribution >= 0.6 is 27.3 Å². The molecule has 0 aliphatic rings. The highest BCUT2D eigenvalue weighted by Crippen LogP contribution is 2.16. The molecule has 2 aromatic heterocycles. The lowest BCUT2D eigenvalue weighted by Gasteiger charge is -2.14. The number of halogens is 1.